The lowest BCUT2D eigenvalue weighted by Gasteiger charge is -2.43. The van der Waals surface area contributed by atoms with Crippen LogP contribution in [0.5, 0.6) is 0 Å². The van der Waals surface area contributed by atoms with Crippen LogP contribution in [0.4, 0.5) is 0 Å². The van der Waals surface area contributed by atoms with E-state index in [-0.39, 0.29) is 12.1 Å². The first-order valence-electron chi connectivity index (χ1n) is 7.41. The van der Waals surface area contributed by atoms with Crippen LogP contribution in [0.15, 0.2) is 24.3 Å². The number of hydrogen-bond donors (Lipinski definition) is 2. The third kappa shape index (κ3) is 3.53. The molecule has 0 radical (unpaired) electrons. The Hall–Kier alpha value is -0.610. The van der Waals surface area contributed by atoms with E-state index in [0.717, 1.165) is 36.4 Å². The number of piperidine rings is 1. The van der Waals surface area contributed by atoms with E-state index in [1.807, 2.05) is 31.2 Å². The smallest absolute Gasteiger partial charge is 0.0746 e. The van der Waals surface area contributed by atoms with E-state index in [2.05, 4.69) is 11.8 Å². The highest BCUT2D eigenvalue weighted by Gasteiger charge is 2.35. The minimum Gasteiger partial charge on any atom is -0.389 e. The number of β-amino-alcohol motifs (C(OH)–C–C–N with tert-alkyl or cyclic N) is 1. The highest BCUT2D eigenvalue weighted by molar-refractivity contribution is 6.31. The van der Waals surface area contributed by atoms with Gasteiger partial charge in [0.2, 0.25) is 0 Å². The molecule has 4 heteroatoms. The Balaban J connectivity index is 2.31. The lowest BCUT2D eigenvalue weighted by atomic mass is 9.89. The number of nitrogens with zero attached hydrogens (tertiary/aromatic N) is 1. The van der Waals surface area contributed by atoms with Gasteiger partial charge in [-0.25, -0.2) is 0 Å². The molecule has 0 spiro atoms. The van der Waals surface area contributed by atoms with Crippen molar-refractivity contribution in [3.63, 3.8) is 0 Å². The fraction of sp³-hybridized carbons (Fsp3) is 0.625. The Morgan fingerprint density at radius 3 is 2.75 bits per heavy atom. The first kappa shape index (κ1) is 15.8. The van der Waals surface area contributed by atoms with Crippen molar-refractivity contribution in [3.05, 3.63) is 34.9 Å². The number of halogens is 1. The van der Waals surface area contributed by atoms with E-state index in [4.69, 9.17) is 17.3 Å². The largest absolute Gasteiger partial charge is 0.389 e. The molecule has 1 heterocycles. The van der Waals surface area contributed by atoms with Gasteiger partial charge in [0.15, 0.2) is 0 Å². The van der Waals surface area contributed by atoms with Crippen molar-refractivity contribution in [2.24, 2.45) is 5.73 Å². The SMILES string of the molecule is CCC(N)C(c1ccccc1Cl)N1CCCC(C)(O)C1. The monoisotopic (exact) mass is 296 g/mol. The Morgan fingerprint density at radius 1 is 1.45 bits per heavy atom. The summed E-state index contributed by atoms with van der Waals surface area (Å²) in [6.07, 6.45) is 2.72. The molecule has 1 fully saturated rings. The summed E-state index contributed by atoms with van der Waals surface area (Å²) in [5, 5.41) is 11.1. The van der Waals surface area contributed by atoms with Gasteiger partial charge in [0.05, 0.1) is 11.6 Å². The van der Waals surface area contributed by atoms with Gasteiger partial charge in [-0.1, -0.05) is 36.7 Å². The van der Waals surface area contributed by atoms with Gasteiger partial charge in [-0.15, -0.1) is 0 Å². The van der Waals surface area contributed by atoms with Crippen LogP contribution in [-0.2, 0) is 0 Å². The highest BCUT2D eigenvalue weighted by atomic mass is 35.5. The normalized spacial score (nSPS) is 27.2. The molecule has 1 aromatic carbocycles. The zero-order valence-corrected chi connectivity index (χ0v) is 13.1. The summed E-state index contributed by atoms with van der Waals surface area (Å²) < 4.78 is 0. The van der Waals surface area contributed by atoms with E-state index in [0.29, 0.717) is 6.54 Å². The minimum absolute atomic E-state index is 0.0174. The summed E-state index contributed by atoms with van der Waals surface area (Å²) in [6.45, 7) is 5.60. The molecule has 2 rings (SSSR count). The predicted octanol–water partition coefficient (Wildman–Crippen LogP) is 2.97. The Kier molecular flexibility index (Phi) is 5.08. The molecule has 3 atom stereocenters. The van der Waals surface area contributed by atoms with Crippen LogP contribution in [0, 0.1) is 0 Å². The maximum absolute atomic E-state index is 10.3. The minimum atomic E-state index is -0.634. The maximum atomic E-state index is 10.3. The maximum Gasteiger partial charge on any atom is 0.0746 e. The Bertz CT molecular complexity index is 450. The summed E-state index contributed by atoms with van der Waals surface area (Å²) in [5.41, 5.74) is 6.79. The van der Waals surface area contributed by atoms with Crippen LogP contribution >= 0.6 is 11.6 Å². The van der Waals surface area contributed by atoms with Gasteiger partial charge in [0.25, 0.3) is 0 Å². The second-order valence-corrected chi connectivity index (χ2v) is 6.52. The van der Waals surface area contributed by atoms with Gasteiger partial charge in [-0.2, -0.15) is 0 Å². The number of hydrogen-bond acceptors (Lipinski definition) is 3. The topological polar surface area (TPSA) is 49.5 Å². The first-order chi connectivity index (χ1) is 9.44. The van der Waals surface area contributed by atoms with E-state index < -0.39 is 5.60 Å². The second-order valence-electron chi connectivity index (χ2n) is 6.11. The summed E-state index contributed by atoms with van der Waals surface area (Å²) in [5.74, 6) is 0. The average Bonchev–Trinajstić information content (AvgIpc) is 2.40. The first-order valence-corrected chi connectivity index (χ1v) is 7.79. The van der Waals surface area contributed by atoms with E-state index in [1.54, 1.807) is 0 Å². The third-order valence-electron chi connectivity index (χ3n) is 4.20. The van der Waals surface area contributed by atoms with E-state index in [9.17, 15) is 5.11 Å². The standard InChI is InChI=1S/C16H25ClN2O/c1-3-14(18)15(12-7-4-5-8-13(12)17)19-10-6-9-16(2,20)11-19/h4-5,7-8,14-15,20H,3,6,9-11,18H2,1-2H3. The number of nitrogens with two attached hydrogens (primary N) is 1. The molecule has 1 saturated heterocycles. The molecule has 20 heavy (non-hydrogen) atoms. The molecule has 1 aliphatic rings. The van der Waals surface area contributed by atoms with Crippen molar-refractivity contribution >= 4 is 11.6 Å². The molecule has 3 N–H and O–H groups in total. The lowest BCUT2D eigenvalue weighted by Crippen LogP contribution is -2.51. The van der Waals surface area contributed by atoms with Crippen LogP contribution in [0.1, 0.15) is 44.7 Å². The van der Waals surface area contributed by atoms with Crippen LogP contribution in [-0.4, -0.2) is 34.7 Å². The van der Waals surface area contributed by atoms with Crippen molar-refractivity contribution in [3.8, 4) is 0 Å². The molecule has 1 aliphatic heterocycles. The number of benzene rings is 1. The molecule has 1 aromatic rings. The summed E-state index contributed by atoms with van der Waals surface area (Å²) in [7, 11) is 0. The van der Waals surface area contributed by atoms with Crippen LogP contribution in [0.25, 0.3) is 0 Å². The van der Waals surface area contributed by atoms with Gasteiger partial charge < -0.3 is 10.8 Å². The summed E-state index contributed by atoms with van der Waals surface area (Å²) >= 11 is 6.37. The zero-order valence-electron chi connectivity index (χ0n) is 12.3. The fourth-order valence-corrected chi connectivity index (χ4v) is 3.38. The Labute approximate surface area is 126 Å². The second kappa shape index (κ2) is 6.44. The molecule has 0 aliphatic carbocycles. The van der Waals surface area contributed by atoms with Crippen LogP contribution < -0.4 is 5.73 Å². The molecule has 3 unspecified atom stereocenters. The average molecular weight is 297 g/mol. The van der Waals surface area contributed by atoms with Gasteiger partial charge >= 0.3 is 0 Å². The fourth-order valence-electron chi connectivity index (χ4n) is 3.13. The number of aliphatic hydroxyl groups is 1. The van der Waals surface area contributed by atoms with Crippen LogP contribution in [0.3, 0.4) is 0 Å². The van der Waals surface area contributed by atoms with Crippen LogP contribution in [0.2, 0.25) is 5.02 Å². The van der Waals surface area contributed by atoms with Crippen molar-refractivity contribution in [1.29, 1.82) is 0 Å². The van der Waals surface area contributed by atoms with Crippen molar-refractivity contribution in [1.82, 2.24) is 4.90 Å². The van der Waals surface area contributed by atoms with Gasteiger partial charge in [-0.3, -0.25) is 4.90 Å². The molecular weight excluding hydrogens is 272 g/mol. The molecule has 0 saturated carbocycles. The summed E-state index contributed by atoms with van der Waals surface area (Å²) in [4.78, 5) is 2.29. The molecule has 0 bridgehead atoms. The number of rotatable bonds is 4. The van der Waals surface area contributed by atoms with Crippen molar-refractivity contribution in [2.45, 2.75) is 50.8 Å². The molecule has 0 amide bonds. The van der Waals surface area contributed by atoms with Crippen molar-refractivity contribution < 1.29 is 5.11 Å². The van der Waals surface area contributed by atoms with Gasteiger partial charge in [0, 0.05) is 17.6 Å². The molecule has 112 valence electrons. The van der Waals surface area contributed by atoms with Crippen molar-refractivity contribution in [2.75, 3.05) is 13.1 Å². The van der Waals surface area contributed by atoms with E-state index in [1.165, 1.54) is 0 Å². The molecule has 3 nitrogen and oxygen atoms in total. The number of likely N-dealkylation sites (tertiary alicyclic amines) is 1. The Morgan fingerprint density at radius 2 is 2.15 bits per heavy atom. The highest BCUT2D eigenvalue weighted by Crippen LogP contribution is 2.34. The quantitative estimate of drug-likeness (QED) is 0.898. The van der Waals surface area contributed by atoms with Gasteiger partial charge in [0.1, 0.15) is 0 Å². The molecular formula is C16H25ClN2O. The lowest BCUT2D eigenvalue weighted by molar-refractivity contribution is -0.0343. The predicted molar refractivity (Wildman–Crippen MR) is 83.9 cm³/mol. The zero-order chi connectivity index (χ0) is 14.8. The molecule has 0 aromatic heterocycles. The summed E-state index contributed by atoms with van der Waals surface area (Å²) in [6, 6.07) is 7.98. The third-order valence-corrected chi connectivity index (χ3v) is 4.54. The van der Waals surface area contributed by atoms with Gasteiger partial charge in [-0.05, 0) is 44.4 Å². The van der Waals surface area contributed by atoms with E-state index >= 15 is 0 Å².